The number of rotatable bonds is 2. The molecule has 0 unspecified atom stereocenters. The number of hydrogen-bond donors (Lipinski definition) is 0. The molecule has 2 nitrogen and oxygen atoms in total. The van der Waals surface area contributed by atoms with Crippen molar-refractivity contribution in [1.82, 2.24) is 0 Å². The van der Waals surface area contributed by atoms with E-state index in [1.807, 2.05) is 25.1 Å². The van der Waals surface area contributed by atoms with Crippen LogP contribution in [0, 0.1) is 6.92 Å². The lowest BCUT2D eigenvalue weighted by molar-refractivity contribution is 0.112. The van der Waals surface area contributed by atoms with E-state index >= 15 is 0 Å². The van der Waals surface area contributed by atoms with Gasteiger partial charge in [0.15, 0.2) is 6.29 Å². The van der Waals surface area contributed by atoms with Crippen molar-refractivity contribution in [2.45, 2.75) is 6.92 Å². The van der Waals surface area contributed by atoms with Gasteiger partial charge in [0.2, 0.25) is 0 Å². The van der Waals surface area contributed by atoms with E-state index in [1.54, 1.807) is 18.4 Å². The molecule has 0 aliphatic heterocycles. The van der Waals surface area contributed by atoms with Gasteiger partial charge in [-0.2, -0.15) is 0 Å². The first kappa shape index (κ1) is 9.21. The van der Waals surface area contributed by atoms with Gasteiger partial charge in [0.25, 0.3) is 0 Å². The zero-order chi connectivity index (χ0) is 10.1. The summed E-state index contributed by atoms with van der Waals surface area (Å²) in [7, 11) is 1.63. The van der Waals surface area contributed by atoms with Crippen LogP contribution < -0.4 is 4.74 Å². The zero-order valence-corrected chi connectivity index (χ0v) is 8.85. The highest BCUT2D eigenvalue weighted by Gasteiger charge is 2.12. The summed E-state index contributed by atoms with van der Waals surface area (Å²) in [5.41, 5.74) is 0.698. The van der Waals surface area contributed by atoms with Crippen LogP contribution in [0.25, 0.3) is 10.1 Å². The molecule has 0 aliphatic carbocycles. The summed E-state index contributed by atoms with van der Waals surface area (Å²) in [6.45, 7) is 2.00. The molecule has 0 amide bonds. The van der Waals surface area contributed by atoms with Crippen LogP contribution in [-0.2, 0) is 0 Å². The van der Waals surface area contributed by atoms with Crippen LogP contribution in [0.5, 0.6) is 5.75 Å². The maximum atomic E-state index is 10.8. The molecule has 72 valence electrons. The second-order valence-corrected chi connectivity index (χ2v) is 4.29. The van der Waals surface area contributed by atoms with Crippen LogP contribution in [0.1, 0.15) is 15.2 Å². The number of methoxy groups -OCH3 is 1. The normalized spacial score (nSPS) is 10.4. The highest BCUT2D eigenvalue weighted by molar-refractivity contribution is 7.19. The van der Waals surface area contributed by atoms with Crippen molar-refractivity contribution in [2.75, 3.05) is 7.11 Å². The van der Waals surface area contributed by atoms with E-state index in [2.05, 4.69) is 0 Å². The van der Waals surface area contributed by atoms with E-state index < -0.39 is 0 Å². The van der Waals surface area contributed by atoms with Crippen LogP contribution in [0.15, 0.2) is 18.2 Å². The topological polar surface area (TPSA) is 26.3 Å². The lowest BCUT2D eigenvalue weighted by atomic mass is 10.1. The third-order valence-electron chi connectivity index (χ3n) is 2.20. The molecule has 1 aromatic carbocycles. The maximum absolute atomic E-state index is 10.8. The number of hydrogen-bond acceptors (Lipinski definition) is 3. The molecular weight excluding hydrogens is 196 g/mol. The van der Waals surface area contributed by atoms with Crippen LogP contribution in [0.4, 0.5) is 0 Å². The van der Waals surface area contributed by atoms with Crippen molar-refractivity contribution in [3.63, 3.8) is 0 Å². The SMILES string of the molecule is COc1c(C)sc2cccc(C=O)c12. The number of aldehydes is 1. The van der Waals surface area contributed by atoms with Gasteiger partial charge < -0.3 is 4.74 Å². The van der Waals surface area contributed by atoms with Gasteiger partial charge in [0, 0.05) is 20.5 Å². The molecule has 1 aromatic heterocycles. The molecule has 0 fully saturated rings. The first-order valence-corrected chi connectivity index (χ1v) is 5.11. The summed E-state index contributed by atoms with van der Waals surface area (Å²) in [4.78, 5) is 12.0. The Bertz CT molecular complexity index is 485. The van der Waals surface area contributed by atoms with Gasteiger partial charge in [0.05, 0.1) is 7.11 Å². The van der Waals surface area contributed by atoms with Crippen LogP contribution in [0.2, 0.25) is 0 Å². The summed E-state index contributed by atoms with van der Waals surface area (Å²) in [5.74, 6) is 0.827. The fourth-order valence-electron chi connectivity index (χ4n) is 1.61. The Kier molecular flexibility index (Phi) is 2.25. The number of carbonyl (C=O) groups is 1. The van der Waals surface area contributed by atoms with Gasteiger partial charge in [-0.05, 0) is 13.0 Å². The first-order valence-electron chi connectivity index (χ1n) is 4.29. The molecule has 2 rings (SSSR count). The van der Waals surface area contributed by atoms with E-state index in [9.17, 15) is 4.79 Å². The standard InChI is InChI=1S/C11H10O2S/c1-7-11(13-2)10-8(6-12)4-3-5-9(10)14-7/h3-6H,1-2H3. The average Bonchev–Trinajstić information content (AvgIpc) is 2.52. The van der Waals surface area contributed by atoms with Crippen LogP contribution in [0.3, 0.4) is 0 Å². The predicted octanol–water partition coefficient (Wildman–Crippen LogP) is 3.03. The highest BCUT2D eigenvalue weighted by atomic mass is 32.1. The summed E-state index contributed by atoms with van der Waals surface area (Å²) >= 11 is 1.65. The Hall–Kier alpha value is -1.35. The summed E-state index contributed by atoms with van der Waals surface area (Å²) < 4.78 is 6.39. The van der Waals surface area contributed by atoms with E-state index in [1.165, 1.54) is 0 Å². The minimum Gasteiger partial charge on any atom is -0.495 e. The monoisotopic (exact) mass is 206 g/mol. The van der Waals surface area contributed by atoms with E-state index in [0.29, 0.717) is 5.56 Å². The van der Waals surface area contributed by atoms with Crippen LogP contribution in [-0.4, -0.2) is 13.4 Å². The minimum absolute atomic E-state index is 0.698. The third kappa shape index (κ3) is 1.21. The number of fused-ring (bicyclic) bond motifs is 1. The smallest absolute Gasteiger partial charge is 0.150 e. The van der Waals surface area contributed by atoms with Crippen molar-refractivity contribution in [3.05, 3.63) is 28.6 Å². The van der Waals surface area contributed by atoms with Gasteiger partial charge in [-0.25, -0.2) is 0 Å². The lowest BCUT2D eigenvalue weighted by Gasteiger charge is -2.00. The van der Waals surface area contributed by atoms with Crippen molar-refractivity contribution in [2.24, 2.45) is 0 Å². The number of aryl methyl sites for hydroxylation is 1. The summed E-state index contributed by atoms with van der Waals surface area (Å²) in [6.07, 6.45) is 0.872. The van der Waals surface area contributed by atoms with E-state index in [4.69, 9.17) is 4.74 Å². The third-order valence-corrected chi connectivity index (χ3v) is 3.25. The minimum atomic E-state index is 0.698. The largest absolute Gasteiger partial charge is 0.495 e. The molecule has 3 heteroatoms. The predicted molar refractivity (Wildman–Crippen MR) is 58.5 cm³/mol. The summed E-state index contributed by atoms with van der Waals surface area (Å²) in [6, 6.07) is 5.70. The molecule has 0 aliphatic rings. The van der Waals surface area contributed by atoms with E-state index in [-0.39, 0.29) is 0 Å². The molecule has 0 radical (unpaired) electrons. The lowest BCUT2D eigenvalue weighted by Crippen LogP contribution is -1.86. The number of thiophene rings is 1. The highest BCUT2D eigenvalue weighted by Crippen LogP contribution is 2.38. The Morgan fingerprint density at radius 1 is 1.43 bits per heavy atom. The fourth-order valence-corrected chi connectivity index (χ4v) is 2.67. The molecular formula is C11H10O2S. The number of ether oxygens (including phenoxy) is 1. The van der Waals surface area contributed by atoms with Crippen molar-refractivity contribution in [3.8, 4) is 5.75 Å². The quantitative estimate of drug-likeness (QED) is 0.706. The van der Waals surface area contributed by atoms with Crippen molar-refractivity contribution < 1.29 is 9.53 Å². The number of carbonyl (C=O) groups excluding carboxylic acids is 1. The fraction of sp³-hybridized carbons (Fsp3) is 0.182. The average molecular weight is 206 g/mol. The van der Waals surface area contributed by atoms with Crippen molar-refractivity contribution >= 4 is 27.7 Å². The van der Waals surface area contributed by atoms with Gasteiger partial charge in [0.1, 0.15) is 5.75 Å². The Labute approximate surface area is 86.1 Å². The molecule has 2 aromatic rings. The van der Waals surface area contributed by atoms with Gasteiger partial charge >= 0.3 is 0 Å². The molecule has 0 bridgehead atoms. The molecule has 1 heterocycles. The Morgan fingerprint density at radius 3 is 2.86 bits per heavy atom. The second kappa shape index (κ2) is 3.42. The van der Waals surface area contributed by atoms with Gasteiger partial charge in [-0.1, -0.05) is 12.1 Å². The zero-order valence-electron chi connectivity index (χ0n) is 8.03. The number of benzene rings is 1. The second-order valence-electron chi connectivity index (χ2n) is 3.03. The van der Waals surface area contributed by atoms with E-state index in [0.717, 1.165) is 27.0 Å². The van der Waals surface area contributed by atoms with Gasteiger partial charge in [-0.3, -0.25) is 4.79 Å². The van der Waals surface area contributed by atoms with Crippen LogP contribution >= 0.6 is 11.3 Å². The maximum Gasteiger partial charge on any atom is 0.150 e. The van der Waals surface area contributed by atoms with Crippen molar-refractivity contribution in [1.29, 1.82) is 0 Å². The summed E-state index contributed by atoms with van der Waals surface area (Å²) in [5, 5.41) is 0.938. The molecule has 0 N–H and O–H groups in total. The molecule has 0 saturated heterocycles. The molecule has 0 saturated carbocycles. The first-order chi connectivity index (χ1) is 6.77. The van der Waals surface area contributed by atoms with Gasteiger partial charge in [-0.15, -0.1) is 11.3 Å². The molecule has 0 atom stereocenters. The molecule has 14 heavy (non-hydrogen) atoms. The Morgan fingerprint density at radius 2 is 2.21 bits per heavy atom. The Balaban J connectivity index is 2.89. The molecule has 0 spiro atoms.